The molecule has 2 aromatic rings. The summed E-state index contributed by atoms with van der Waals surface area (Å²) in [4.78, 5) is 33.4. The number of carbonyl (C=O) groups excluding carboxylic acids is 2. The summed E-state index contributed by atoms with van der Waals surface area (Å²) in [6.45, 7) is 6.46. The van der Waals surface area contributed by atoms with Crippen molar-refractivity contribution in [2.45, 2.75) is 32.6 Å². The standard InChI is InChI=1S/C22H29N5O3/c1-16-24-21(30-25-16)18-8-6-17(7-9-18)20(28)23-10-11-26-12-14-27(15-13-26)22(29)19-4-2-3-5-19/h6-9,19H,2-5,10-15H2,1H3,(H,23,28). The van der Waals surface area contributed by atoms with Gasteiger partial charge in [-0.2, -0.15) is 4.98 Å². The Balaban J connectivity index is 1.18. The molecule has 1 N–H and O–H groups in total. The highest BCUT2D eigenvalue weighted by Gasteiger charge is 2.29. The molecule has 1 aromatic heterocycles. The summed E-state index contributed by atoms with van der Waals surface area (Å²) in [7, 11) is 0. The Morgan fingerprint density at radius 2 is 1.80 bits per heavy atom. The van der Waals surface area contributed by atoms with Crippen LogP contribution in [0.4, 0.5) is 0 Å². The normalized spacial score (nSPS) is 18.0. The van der Waals surface area contributed by atoms with E-state index in [-0.39, 0.29) is 11.8 Å². The van der Waals surface area contributed by atoms with E-state index in [2.05, 4.69) is 20.4 Å². The molecule has 2 amide bonds. The maximum atomic E-state index is 12.5. The van der Waals surface area contributed by atoms with E-state index in [0.29, 0.717) is 29.7 Å². The van der Waals surface area contributed by atoms with Crippen molar-refractivity contribution < 1.29 is 14.1 Å². The summed E-state index contributed by atoms with van der Waals surface area (Å²) in [6.07, 6.45) is 4.49. The zero-order valence-electron chi connectivity index (χ0n) is 17.5. The third kappa shape index (κ3) is 4.87. The lowest BCUT2D eigenvalue weighted by Crippen LogP contribution is -2.51. The number of nitrogens with one attached hydrogen (secondary N) is 1. The van der Waals surface area contributed by atoms with E-state index in [1.54, 1.807) is 19.1 Å². The first kappa shape index (κ1) is 20.5. The summed E-state index contributed by atoms with van der Waals surface area (Å²) in [6, 6.07) is 7.14. The maximum Gasteiger partial charge on any atom is 0.257 e. The first-order chi connectivity index (χ1) is 14.6. The van der Waals surface area contributed by atoms with Crippen LogP contribution in [0.2, 0.25) is 0 Å². The third-order valence-corrected chi connectivity index (χ3v) is 6.02. The van der Waals surface area contributed by atoms with Gasteiger partial charge in [-0.3, -0.25) is 14.5 Å². The number of hydrogen-bond donors (Lipinski definition) is 1. The highest BCUT2D eigenvalue weighted by Crippen LogP contribution is 2.26. The Bertz CT molecular complexity index is 865. The molecule has 2 fully saturated rings. The number of nitrogens with zero attached hydrogens (tertiary/aromatic N) is 4. The third-order valence-electron chi connectivity index (χ3n) is 6.02. The molecule has 1 aliphatic carbocycles. The average Bonchev–Trinajstić information content (AvgIpc) is 3.46. The monoisotopic (exact) mass is 411 g/mol. The van der Waals surface area contributed by atoms with Crippen LogP contribution in [-0.2, 0) is 4.79 Å². The number of carbonyl (C=O) groups is 2. The summed E-state index contributed by atoms with van der Waals surface area (Å²) in [5.74, 6) is 1.53. The zero-order chi connectivity index (χ0) is 20.9. The number of hydrogen-bond acceptors (Lipinski definition) is 6. The summed E-state index contributed by atoms with van der Waals surface area (Å²) >= 11 is 0. The number of rotatable bonds is 6. The van der Waals surface area contributed by atoms with Gasteiger partial charge < -0.3 is 14.7 Å². The van der Waals surface area contributed by atoms with Crippen LogP contribution >= 0.6 is 0 Å². The second-order valence-electron chi connectivity index (χ2n) is 8.13. The van der Waals surface area contributed by atoms with Crippen molar-refractivity contribution in [1.29, 1.82) is 0 Å². The smallest absolute Gasteiger partial charge is 0.257 e. The molecule has 160 valence electrons. The van der Waals surface area contributed by atoms with Gasteiger partial charge in [-0.1, -0.05) is 18.0 Å². The molecule has 0 radical (unpaired) electrons. The summed E-state index contributed by atoms with van der Waals surface area (Å²) < 4.78 is 5.14. The molecule has 4 rings (SSSR count). The lowest BCUT2D eigenvalue weighted by atomic mass is 10.1. The Labute approximate surface area is 176 Å². The number of piperazine rings is 1. The predicted octanol–water partition coefficient (Wildman–Crippen LogP) is 2.11. The maximum absolute atomic E-state index is 12.5. The van der Waals surface area contributed by atoms with Gasteiger partial charge in [0.1, 0.15) is 0 Å². The Kier molecular flexibility index (Phi) is 6.42. The molecule has 1 aliphatic heterocycles. The van der Waals surface area contributed by atoms with Crippen molar-refractivity contribution in [3.8, 4) is 11.5 Å². The Hall–Kier alpha value is -2.74. The Morgan fingerprint density at radius 3 is 2.43 bits per heavy atom. The number of amides is 2. The van der Waals surface area contributed by atoms with Gasteiger partial charge in [0.05, 0.1) is 0 Å². The lowest BCUT2D eigenvalue weighted by Gasteiger charge is -2.36. The average molecular weight is 412 g/mol. The van der Waals surface area contributed by atoms with Gasteiger partial charge in [0, 0.05) is 56.3 Å². The molecule has 0 atom stereocenters. The highest BCUT2D eigenvalue weighted by molar-refractivity contribution is 5.94. The lowest BCUT2D eigenvalue weighted by molar-refractivity contribution is -0.137. The van der Waals surface area contributed by atoms with Crippen molar-refractivity contribution >= 4 is 11.8 Å². The molecular formula is C22H29N5O3. The second-order valence-corrected chi connectivity index (χ2v) is 8.13. The number of benzene rings is 1. The van der Waals surface area contributed by atoms with Gasteiger partial charge in [-0.05, 0) is 44.0 Å². The van der Waals surface area contributed by atoms with Crippen LogP contribution in [0.3, 0.4) is 0 Å². The fourth-order valence-electron chi connectivity index (χ4n) is 4.23. The van der Waals surface area contributed by atoms with Gasteiger partial charge >= 0.3 is 0 Å². The molecule has 2 aliphatic rings. The molecule has 0 spiro atoms. The van der Waals surface area contributed by atoms with E-state index in [9.17, 15) is 9.59 Å². The molecule has 8 heteroatoms. The fraction of sp³-hybridized carbons (Fsp3) is 0.545. The van der Waals surface area contributed by atoms with Crippen LogP contribution in [0.5, 0.6) is 0 Å². The Morgan fingerprint density at radius 1 is 1.10 bits per heavy atom. The minimum absolute atomic E-state index is 0.0988. The minimum Gasteiger partial charge on any atom is -0.351 e. The van der Waals surface area contributed by atoms with Crippen molar-refractivity contribution in [2.75, 3.05) is 39.3 Å². The molecular weight excluding hydrogens is 382 g/mol. The van der Waals surface area contributed by atoms with Gasteiger partial charge in [-0.25, -0.2) is 0 Å². The first-order valence-electron chi connectivity index (χ1n) is 10.8. The predicted molar refractivity (Wildman–Crippen MR) is 112 cm³/mol. The largest absolute Gasteiger partial charge is 0.351 e. The van der Waals surface area contributed by atoms with Crippen molar-refractivity contribution in [3.05, 3.63) is 35.7 Å². The van der Waals surface area contributed by atoms with Crippen molar-refractivity contribution in [1.82, 2.24) is 25.3 Å². The van der Waals surface area contributed by atoms with Crippen molar-refractivity contribution in [2.24, 2.45) is 5.92 Å². The molecule has 0 bridgehead atoms. The molecule has 2 heterocycles. The molecule has 30 heavy (non-hydrogen) atoms. The van der Waals surface area contributed by atoms with Gasteiger partial charge in [0.2, 0.25) is 5.91 Å². The van der Waals surface area contributed by atoms with Crippen LogP contribution in [0.25, 0.3) is 11.5 Å². The van der Waals surface area contributed by atoms with Crippen LogP contribution in [0, 0.1) is 12.8 Å². The van der Waals surface area contributed by atoms with E-state index in [1.807, 2.05) is 17.0 Å². The molecule has 1 saturated carbocycles. The van der Waals surface area contributed by atoms with Gasteiger partial charge in [-0.15, -0.1) is 0 Å². The highest BCUT2D eigenvalue weighted by atomic mass is 16.5. The quantitative estimate of drug-likeness (QED) is 0.783. The number of aryl methyl sites for hydroxylation is 1. The van der Waals surface area contributed by atoms with E-state index in [4.69, 9.17) is 4.52 Å². The molecule has 1 saturated heterocycles. The van der Waals surface area contributed by atoms with Gasteiger partial charge in [0.15, 0.2) is 5.82 Å². The first-order valence-corrected chi connectivity index (χ1v) is 10.8. The topological polar surface area (TPSA) is 91.6 Å². The van der Waals surface area contributed by atoms with E-state index in [1.165, 1.54) is 12.8 Å². The van der Waals surface area contributed by atoms with Crippen molar-refractivity contribution in [3.63, 3.8) is 0 Å². The zero-order valence-corrected chi connectivity index (χ0v) is 17.5. The van der Waals surface area contributed by atoms with E-state index >= 15 is 0 Å². The molecule has 1 aromatic carbocycles. The molecule has 8 nitrogen and oxygen atoms in total. The minimum atomic E-state index is -0.0988. The van der Waals surface area contributed by atoms with Gasteiger partial charge in [0.25, 0.3) is 11.8 Å². The molecule has 0 unspecified atom stereocenters. The summed E-state index contributed by atoms with van der Waals surface area (Å²) in [5, 5.41) is 6.75. The second kappa shape index (κ2) is 9.38. The van der Waals surface area contributed by atoms with Crippen LogP contribution in [0.1, 0.15) is 41.9 Å². The number of aromatic nitrogens is 2. The van der Waals surface area contributed by atoms with Crippen LogP contribution < -0.4 is 5.32 Å². The SMILES string of the molecule is Cc1noc(-c2ccc(C(=O)NCCN3CCN(C(=O)C4CCCC4)CC3)cc2)n1. The summed E-state index contributed by atoms with van der Waals surface area (Å²) in [5.41, 5.74) is 1.39. The van der Waals surface area contributed by atoms with Crippen LogP contribution in [0.15, 0.2) is 28.8 Å². The fourth-order valence-corrected chi connectivity index (χ4v) is 4.23. The van der Waals surface area contributed by atoms with Crippen LogP contribution in [-0.4, -0.2) is 71.0 Å². The van der Waals surface area contributed by atoms with E-state index < -0.39 is 0 Å². The van der Waals surface area contributed by atoms with E-state index in [0.717, 1.165) is 51.1 Å².